The number of halogens is 2. The van der Waals surface area contributed by atoms with Gasteiger partial charge < -0.3 is 4.74 Å². The Balaban J connectivity index is 2.08. The van der Waals surface area contributed by atoms with Crippen LogP contribution in [0.4, 0.5) is 8.78 Å². The summed E-state index contributed by atoms with van der Waals surface area (Å²) in [5.41, 5.74) is 0. The molecular formula is C12H13F2NO4S. The Morgan fingerprint density at radius 3 is 2.75 bits per heavy atom. The van der Waals surface area contributed by atoms with Crippen molar-refractivity contribution >= 4 is 15.9 Å². The van der Waals surface area contributed by atoms with Gasteiger partial charge in [0.05, 0.1) is 12.5 Å². The van der Waals surface area contributed by atoms with Gasteiger partial charge in [0.25, 0.3) is 10.0 Å². The first-order valence-electron chi connectivity index (χ1n) is 6.01. The monoisotopic (exact) mass is 305 g/mol. The van der Waals surface area contributed by atoms with E-state index in [4.69, 9.17) is 4.74 Å². The van der Waals surface area contributed by atoms with Crippen molar-refractivity contribution in [2.24, 2.45) is 0 Å². The molecule has 0 radical (unpaired) electrons. The molecule has 0 saturated carbocycles. The van der Waals surface area contributed by atoms with Gasteiger partial charge in [-0.15, -0.1) is 0 Å². The summed E-state index contributed by atoms with van der Waals surface area (Å²) in [6.07, 6.45) is 1.07. The summed E-state index contributed by atoms with van der Waals surface area (Å²) in [4.78, 5) is 10.8. The number of hydrogen-bond donors (Lipinski definition) is 1. The summed E-state index contributed by atoms with van der Waals surface area (Å²) in [6, 6.07) is 2.02. The smallest absolute Gasteiger partial charge is 0.266 e. The molecule has 1 aliphatic rings. The van der Waals surface area contributed by atoms with Gasteiger partial charge in [-0.05, 0) is 25.0 Å². The molecule has 1 amide bonds. The largest absolute Gasteiger partial charge is 0.378 e. The molecule has 1 aliphatic heterocycles. The quantitative estimate of drug-likeness (QED) is 0.911. The fourth-order valence-electron chi connectivity index (χ4n) is 1.95. The molecule has 1 atom stereocenters. The van der Waals surface area contributed by atoms with Crippen molar-refractivity contribution in [3.8, 4) is 0 Å². The van der Waals surface area contributed by atoms with E-state index in [1.54, 1.807) is 4.72 Å². The maximum Gasteiger partial charge on any atom is 0.266 e. The number of sulfonamides is 1. The Kier molecular flexibility index (Phi) is 4.34. The van der Waals surface area contributed by atoms with Crippen molar-refractivity contribution in [1.29, 1.82) is 0 Å². The highest BCUT2D eigenvalue weighted by Gasteiger charge is 2.25. The summed E-state index contributed by atoms with van der Waals surface area (Å²) in [5, 5.41) is 0. The summed E-state index contributed by atoms with van der Waals surface area (Å²) in [6.45, 7) is 0.539. The van der Waals surface area contributed by atoms with Gasteiger partial charge in [0.15, 0.2) is 0 Å². The number of benzene rings is 1. The maximum atomic E-state index is 13.4. The zero-order valence-corrected chi connectivity index (χ0v) is 11.3. The number of amides is 1. The van der Waals surface area contributed by atoms with E-state index in [-0.39, 0.29) is 12.5 Å². The molecule has 5 nitrogen and oxygen atoms in total. The van der Waals surface area contributed by atoms with E-state index in [2.05, 4.69) is 0 Å². The second kappa shape index (κ2) is 5.84. The second-order valence-electron chi connectivity index (χ2n) is 4.44. The molecule has 1 unspecified atom stereocenters. The van der Waals surface area contributed by atoms with E-state index in [0.29, 0.717) is 19.1 Å². The third-order valence-corrected chi connectivity index (χ3v) is 4.28. The fraction of sp³-hybridized carbons (Fsp3) is 0.417. The van der Waals surface area contributed by atoms with Crippen LogP contribution in [0.2, 0.25) is 0 Å². The summed E-state index contributed by atoms with van der Waals surface area (Å²) >= 11 is 0. The lowest BCUT2D eigenvalue weighted by atomic mass is 10.2. The molecule has 2 rings (SSSR count). The third-order valence-electron chi connectivity index (χ3n) is 2.87. The number of ether oxygens (including phenoxy) is 1. The number of rotatable bonds is 4. The average molecular weight is 305 g/mol. The molecule has 0 aliphatic carbocycles. The van der Waals surface area contributed by atoms with Gasteiger partial charge in [0.2, 0.25) is 5.91 Å². The van der Waals surface area contributed by atoms with Crippen LogP contribution in [0.1, 0.15) is 19.3 Å². The Hall–Kier alpha value is -1.54. The van der Waals surface area contributed by atoms with Crippen molar-refractivity contribution in [2.75, 3.05) is 6.61 Å². The number of carbonyl (C=O) groups excluding carboxylic acids is 1. The normalized spacial score (nSPS) is 19.0. The predicted octanol–water partition coefficient (Wildman–Crippen LogP) is 1.34. The first kappa shape index (κ1) is 14.9. The second-order valence-corrected chi connectivity index (χ2v) is 6.09. The van der Waals surface area contributed by atoms with E-state index < -0.39 is 32.5 Å². The molecular weight excluding hydrogens is 292 g/mol. The third kappa shape index (κ3) is 3.51. The lowest BCUT2D eigenvalue weighted by molar-refractivity contribution is -0.121. The summed E-state index contributed by atoms with van der Waals surface area (Å²) in [7, 11) is -4.35. The molecule has 1 fully saturated rings. The number of hydrogen-bond acceptors (Lipinski definition) is 4. The molecule has 110 valence electrons. The minimum absolute atomic E-state index is 0.109. The van der Waals surface area contributed by atoms with Crippen LogP contribution >= 0.6 is 0 Å². The number of nitrogens with one attached hydrogen (secondary N) is 1. The van der Waals surface area contributed by atoms with E-state index >= 15 is 0 Å². The molecule has 0 spiro atoms. The van der Waals surface area contributed by atoms with Crippen molar-refractivity contribution in [2.45, 2.75) is 30.3 Å². The van der Waals surface area contributed by atoms with E-state index in [9.17, 15) is 22.0 Å². The van der Waals surface area contributed by atoms with Crippen molar-refractivity contribution in [1.82, 2.24) is 4.72 Å². The summed E-state index contributed by atoms with van der Waals surface area (Å²) in [5.74, 6) is -2.92. The van der Waals surface area contributed by atoms with Crippen molar-refractivity contribution in [3.63, 3.8) is 0 Å². The Labute approximate surface area is 115 Å². The lowest BCUT2D eigenvalue weighted by Gasteiger charge is -2.10. The SMILES string of the molecule is O=C(CC1CCCO1)NS(=O)(=O)c1ccc(F)cc1F. The predicted molar refractivity (Wildman–Crippen MR) is 65.3 cm³/mol. The Bertz CT molecular complexity index is 612. The molecule has 0 bridgehead atoms. The highest BCUT2D eigenvalue weighted by molar-refractivity contribution is 7.90. The van der Waals surface area contributed by atoms with Gasteiger partial charge in [-0.1, -0.05) is 0 Å². The molecule has 1 aromatic rings. The Morgan fingerprint density at radius 1 is 1.40 bits per heavy atom. The molecule has 1 saturated heterocycles. The topological polar surface area (TPSA) is 72.5 Å². The molecule has 0 aromatic heterocycles. The number of carbonyl (C=O) groups is 1. The van der Waals surface area contributed by atoms with Gasteiger partial charge in [-0.2, -0.15) is 0 Å². The highest BCUT2D eigenvalue weighted by atomic mass is 32.2. The lowest BCUT2D eigenvalue weighted by Crippen LogP contribution is -2.33. The van der Waals surface area contributed by atoms with Gasteiger partial charge in [0.1, 0.15) is 16.5 Å². The van der Waals surface area contributed by atoms with Crippen LogP contribution in [-0.4, -0.2) is 27.0 Å². The average Bonchev–Trinajstić information content (AvgIpc) is 2.79. The fourth-order valence-corrected chi connectivity index (χ4v) is 3.01. The minimum Gasteiger partial charge on any atom is -0.378 e. The van der Waals surface area contributed by atoms with Gasteiger partial charge in [-0.3, -0.25) is 4.79 Å². The van der Waals surface area contributed by atoms with Gasteiger partial charge in [0, 0.05) is 12.7 Å². The van der Waals surface area contributed by atoms with E-state index in [1.165, 1.54) is 0 Å². The maximum absolute atomic E-state index is 13.4. The van der Waals surface area contributed by atoms with Crippen molar-refractivity contribution < 1.29 is 26.7 Å². The minimum atomic E-state index is -4.35. The first-order valence-corrected chi connectivity index (χ1v) is 7.49. The van der Waals surface area contributed by atoms with Crippen LogP contribution in [0.3, 0.4) is 0 Å². The molecule has 20 heavy (non-hydrogen) atoms. The van der Waals surface area contributed by atoms with E-state index in [1.807, 2.05) is 0 Å². The van der Waals surface area contributed by atoms with Gasteiger partial charge in [-0.25, -0.2) is 21.9 Å². The van der Waals surface area contributed by atoms with Crippen LogP contribution in [0, 0.1) is 11.6 Å². The van der Waals surface area contributed by atoms with Crippen LogP contribution < -0.4 is 4.72 Å². The highest BCUT2D eigenvalue weighted by Crippen LogP contribution is 2.17. The van der Waals surface area contributed by atoms with Crippen LogP contribution in [0.5, 0.6) is 0 Å². The zero-order valence-electron chi connectivity index (χ0n) is 10.4. The summed E-state index contributed by atoms with van der Waals surface area (Å²) < 4.78 is 56.7. The van der Waals surface area contributed by atoms with Crippen LogP contribution in [0.15, 0.2) is 23.1 Å². The molecule has 1 N–H and O–H groups in total. The standard InChI is InChI=1S/C12H13F2NO4S/c13-8-3-4-11(10(14)6-8)20(17,18)15-12(16)7-9-2-1-5-19-9/h3-4,6,9H,1-2,5,7H2,(H,15,16). The van der Waals surface area contributed by atoms with Crippen LogP contribution in [0.25, 0.3) is 0 Å². The zero-order chi connectivity index (χ0) is 14.8. The molecule has 1 heterocycles. The molecule has 8 heteroatoms. The van der Waals surface area contributed by atoms with Gasteiger partial charge >= 0.3 is 0 Å². The van der Waals surface area contributed by atoms with E-state index in [0.717, 1.165) is 18.6 Å². The molecule has 1 aromatic carbocycles. The van der Waals surface area contributed by atoms with Crippen LogP contribution in [-0.2, 0) is 19.6 Å². The Morgan fingerprint density at radius 2 is 2.15 bits per heavy atom. The first-order chi connectivity index (χ1) is 9.38. The van der Waals surface area contributed by atoms with Crippen molar-refractivity contribution in [3.05, 3.63) is 29.8 Å².